The highest BCUT2D eigenvalue weighted by Crippen LogP contribution is 2.04. The van der Waals surface area contributed by atoms with E-state index in [0.29, 0.717) is 6.42 Å². The molecule has 0 unspecified atom stereocenters. The number of rotatable bonds is 6. The molecule has 0 bridgehead atoms. The van der Waals surface area contributed by atoms with E-state index in [1.165, 1.54) is 12.1 Å². The van der Waals surface area contributed by atoms with E-state index in [-0.39, 0.29) is 17.8 Å². The Bertz CT molecular complexity index is 353. The Morgan fingerprint density at radius 3 is 2.65 bits per heavy atom. The molecule has 0 aliphatic carbocycles. The standard InChI is InChI=1S/C13H18FNOS/c1-10(7-8-17-2)15-13(16)9-11-3-5-12(14)6-4-11/h3-6,10H,7-9H2,1-2H3,(H,15,16)/t10-/m0/s1. The lowest BCUT2D eigenvalue weighted by Gasteiger charge is -2.13. The van der Waals surface area contributed by atoms with Crippen LogP contribution in [0.2, 0.25) is 0 Å². The third-order valence-electron chi connectivity index (χ3n) is 2.44. The Labute approximate surface area is 106 Å². The number of amides is 1. The Hall–Kier alpha value is -1.03. The smallest absolute Gasteiger partial charge is 0.224 e. The van der Waals surface area contributed by atoms with Crippen LogP contribution in [0.15, 0.2) is 24.3 Å². The first-order chi connectivity index (χ1) is 8.11. The molecule has 0 fully saturated rings. The molecule has 1 aromatic carbocycles. The van der Waals surface area contributed by atoms with Crippen LogP contribution in [0.5, 0.6) is 0 Å². The zero-order chi connectivity index (χ0) is 12.7. The number of hydrogen-bond donors (Lipinski definition) is 1. The van der Waals surface area contributed by atoms with E-state index in [1.54, 1.807) is 23.9 Å². The summed E-state index contributed by atoms with van der Waals surface area (Å²) in [6, 6.07) is 6.22. The SMILES string of the molecule is CSCC[C@H](C)NC(=O)Cc1ccc(F)cc1. The molecule has 1 rings (SSSR count). The van der Waals surface area contributed by atoms with Gasteiger partial charge in [0, 0.05) is 6.04 Å². The molecule has 2 nitrogen and oxygen atoms in total. The number of carbonyl (C=O) groups is 1. The first-order valence-electron chi connectivity index (χ1n) is 5.64. The number of thioether (sulfide) groups is 1. The van der Waals surface area contributed by atoms with Gasteiger partial charge in [0.05, 0.1) is 6.42 Å². The molecule has 0 spiro atoms. The minimum atomic E-state index is -0.275. The van der Waals surface area contributed by atoms with Gasteiger partial charge in [0.25, 0.3) is 0 Å². The number of hydrogen-bond acceptors (Lipinski definition) is 2. The largest absolute Gasteiger partial charge is 0.353 e. The maximum Gasteiger partial charge on any atom is 0.224 e. The predicted molar refractivity (Wildman–Crippen MR) is 70.7 cm³/mol. The molecule has 0 aromatic heterocycles. The molecule has 1 atom stereocenters. The molecule has 1 N–H and O–H groups in total. The molecule has 1 aromatic rings. The minimum Gasteiger partial charge on any atom is -0.353 e. The van der Waals surface area contributed by atoms with Crippen LogP contribution in [-0.4, -0.2) is 24.0 Å². The van der Waals surface area contributed by atoms with Crippen molar-refractivity contribution in [1.82, 2.24) is 5.32 Å². The normalized spacial score (nSPS) is 12.2. The Morgan fingerprint density at radius 2 is 2.06 bits per heavy atom. The number of halogens is 1. The Balaban J connectivity index is 2.36. The van der Waals surface area contributed by atoms with Crippen molar-refractivity contribution in [3.8, 4) is 0 Å². The van der Waals surface area contributed by atoms with Crippen molar-refractivity contribution >= 4 is 17.7 Å². The monoisotopic (exact) mass is 255 g/mol. The predicted octanol–water partition coefficient (Wildman–Crippen LogP) is 2.63. The van der Waals surface area contributed by atoms with Crippen molar-refractivity contribution in [2.75, 3.05) is 12.0 Å². The fourth-order valence-corrected chi connectivity index (χ4v) is 2.07. The van der Waals surface area contributed by atoms with Crippen LogP contribution < -0.4 is 5.32 Å². The lowest BCUT2D eigenvalue weighted by Crippen LogP contribution is -2.34. The van der Waals surface area contributed by atoms with Crippen LogP contribution in [0.3, 0.4) is 0 Å². The van der Waals surface area contributed by atoms with Crippen LogP contribution in [0, 0.1) is 5.82 Å². The number of carbonyl (C=O) groups excluding carboxylic acids is 1. The maximum absolute atomic E-state index is 12.7. The third kappa shape index (κ3) is 5.73. The van der Waals surface area contributed by atoms with E-state index >= 15 is 0 Å². The van der Waals surface area contributed by atoms with Crippen molar-refractivity contribution in [2.24, 2.45) is 0 Å². The van der Waals surface area contributed by atoms with Crippen molar-refractivity contribution in [3.05, 3.63) is 35.6 Å². The highest BCUT2D eigenvalue weighted by Gasteiger charge is 2.07. The van der Waals surface area contributed by atoms with Gasteiger partial charge in [0.2, 0.25) is 5.91 Å². The fourth-order valence-electron chi connectivity index (χ4n) is 1.48. The molecule has 0 heterocycles. The Morgan fingerprint density at radius 1 is 1.41 bits per heavy atom. The van der Waals surface area contributed by atoms with Gasteiger partial charge in [0.1, 0.15) is 5.82 Å². The van der Waals surface area contributed by atoms with Crippen LogP contribution in [0.25, 0.3) is 0 Å². The quantitative estimate of drug-likeness (QED) is 0.846. The van der Waals surface area contributed by atoms with Crippen molar-refractivity contribution in [1.29, 1.82) is 0 Å². The zero-order valence-electron chi connectivity index (χ0n) is 10.2. The molecule has 17 heavy (non-hydrogen) atoms. The first-order valence-corrected chi connectivity index (χ1v) is 7.04. The molecule has 0 aliphatic rings. The highest BCUT2D eigenvalue weighted by atomic mass is 32.2. The molecule has 94 valence electrons. The van der Waals surface area contributed by atoms with E-state index in [0.717, 1.165) is 17.7 Å². The zero-order valence-corrected chi connectivity index (χ0v) is 11.0. The maximum atomic E-state index is 12.7. The van der Waals surface area contributed by atoms with Crippen molar-refractivity contribution in [2.45, 2.75) is 25.8 Å². The van der Waals surface area contributed by atoms with Gasteiger partial charge in [-0.1, -0.05) is 12.1 Å². The highest BCUT2D eigenvalue weighted by molar-refractivity contribution is 7.98. The van der Waals surface area contributed by atoms with Gasteiger partial charge in [-0.05, 0) is 43.0 Å². The summed E-state index contributed by atoms with van der Waals surface area (Å²) in [7, 11) is 0. The van der Waals surface area contributed by atoms with Crippen LogP contribution in [0.4, 0.5) is 4.39 Å². The van der Waals surface area contributed by atoms with Gasteiger partial charge in [-0.15, -0.1) is 0 Å². The van der Waals surface area contributed by atoms with E-state index in [1.807, 2.05) is 13.2 Å². The first kappa shape index (κ1) is 14.0. The van der Waals surface area contributed by atoms with Gasteiger partial charge in [-0.2, -0.15) is 11.8 Å². The molecular formula is C13H18FNOS. The summed E-state index contributed by atoms with van der Waals surface area (Å²) in [6.07, 6.45) is 3.33. The minimum absolute atomic E-state index is 0.00906. The Kier molecular flexibility index (Phi) is 6.05. The second-order valence-corrected chi connectivity index (χ2v) is 5.04. The van der Waals surface area contributed by atoms with Crippen LogP contribution >= 0.6 is 11.8 Å². The molecule has 0 radical (unpaired) electrons. The van der Waals surface area contributed by atoms with Crippen molar-refractivity contribution in [3.63, 3.8) is 0 Å². The van der Waals surface area contributed by atoms with Gasteiger partial charge in [-0.3, -0.25) is 4.79 Å². The van der Waals surface area contributed by atoms with Gasteiger partial charge >= 0.3 is 0 Å². The topological polar surface area (TPSA) is 29.1 Å². The van der Waals surface area contributed by atoms with Gasteiger partial charge in [0.15, 0.2) is 0 Å². The lowest BCUT2D eigenvalue weighted by atomic mass is 10.1. The third-order valence-corrected chi connectivity index (χ3v) is 3.08. The molecule has 1 amide bonds. The van der Waals surface area contributed by atoms with Crippen LogP contribution in [0.1, 0.15) is 18.9 Å². The molecular weight excluding hydrogens is 237 g/mol. The second kappa shape index (κ2) is 7.33. The average Bonchev–Trinajstić information content (AvgIpc) is 2.29. The number of benzene rings is 1. The summed E-state index contributed by atoms with van der Waals surface area (Å²) in [5.74, 6) is 0.755. The summed E-state index contributed by atoms with van der Waals surface area (Å²) in [4.78, 5) is 11.7. The summed E-state index contributed by atoms with van der Waals surface area (Å²) in [5, 5.41) is 2.93. The van der Waals surface area contributed by atoms with E-state index in [2.05, 4.69) is 5.32 Å². The van der Waals surface area contributed by atoms with E-state index < -0.39 is 0 Å². The molecule has 0 saturated heterocycles. The average molecular weight is 255 g/mol. The van der Waals surface area contributed by atoms with E-state index in [4.69, 9.17) is 0 Å². The molecule has 0 saturated carbocycles. The van der Waals surface area contributed by atoms with Crippen LogP contribution in [-0.2, 0) is 11.2 Å². The van der Waals surface area contributed by atoms with E-state index in [9.17, 15) is 9.18 Å². The van der Waals surface area contributed by atoms with Gasteiger partial charge < -0.3 is 5.32 Å². The summed E-state index contributed by atoms with van der Waals surface area (Å²) in [5.41, 5.74) is 0.834. The van der Waals surface area contributed by atoms with Gasteiger partial charge in [-0.25, -0.2) is 4.39 Å². The second-order valence-electron chi connectivity index (χ2n) is 4.05. The fraction of sp³-hybridized carbons (Fsp3) is 0.462. The lowest BCUT2D eigenvalue weighted by molar-refractivity contribution is -0.121. The van der Waals surface area contributed by atoms with Crippen molar-refractivity contribution < 1.29 is 9.18 Å². The molecule has 4 heteroatoms. The summed E-state index contributed by atoms with van der Waals surface area (Å²) >= 11 is 1.77. The molecule has 0 aliphatic heterocycles. The number of nitrogens with one attached hydrogen (secondary N) is 1. The summed E-state index contributed by atoms with van der Waals surface area (Å²) in [6.45, 7) is 2.00. The summed E-state index contributed by atoms with van der Waals surface area (Å²) < 4.78 is 12.7.